The predicted molar refractivity (Wildman–Crippen MR) is 104 cm³/mol. The molecule has 0 saturated heterocycles. The van der Waals surface area contributed by atoms with E-state index in [0.717, 1.165) is 11.8 Å². The Labute approximate surface area is 164 Å². The van der Waals surface area contributed by atoms with E-state index in [9.17, 15) is 23.3 Å². The summed E-state index contributed by atoms with van der Waals surface area (Å²) in [5.41, 5.74) is 1.19. The van der Waals surface area contributed by atoms with Crippen LogP contribution in [0, 0.1) is 10.1 Å². The molecule has 0 bridgehead atoms. The third-order valence-electron chi connectivity index (χ3n) is 3.77. The van der Waals surface area contributed by atoms with E-state index in [-0.39, 0.29) is 33.2 Å². The minimum Gasteiger partial charge on any atom is -0.431 e. The molecule has 1 aromatic heterocycles. The van der Waals surface area contributed by atoms with Gasteiger partial charge in [0.25, 0.3) is 10.9 Å². The van der Waals surface area contributed by atoms with E-state index in [2.05, 4.69) is 10.3 Å². The Hall–Kier alpha value is -2.92. The van der Waals surface area contributed by atoms with Gasteiger partial charge < -0.3 is 9.73 Å². The van der Waals surface area contributed by atoms with Gasteiger partial charge >= 0.3 is 0 Å². The summed E-state index contributed by atoms with van der Waals surface area (Å²) >= 11 is 1.05. The highest BCUT2D eigenvalue weighted by Crippen LogP contribution is 2.26. The molecule has 0 atom stereocenters. The predicted octanol–water partition coefficient (Wildman–Crippen LogP) is 3.26. The number of nitrogens with one attached hydrogen (secondary N) is 1. The molecule has 0 fully saturated rings. The summed E-state index contributed by atoms with van der Waals surface area (Å²) in [4.78, 5) is 26.5. The van der Waals surface area contributed by atoms with Crippen LogP contribution in [0.25, 0.3) is 11.1 Å². The number of nitro groups is 1. The lowest BCUT2D eigenvalue weighted by Gasteiger charge is -2.03. The average Bonchev–Trinajstić information content (AvgIpc) is 3.09. The zero-order valence-corrected chi connectivity index (χ0v) is 16.2. The molecule has 3 aromatic rings. The fourth-order valence-corrected chi connectivity index (χ4v) is 3.84. The van der Waals surface area contributed by atoms with Gasteiger partial charge in [0.05, 0.1) is 21.3 Å². The van der Waals surface area contributed by atoms with Gasteiger partial charge in [-0.1, -0.05) is 18.7 Å². The Morgan fingerprint density at radius 2 is 1.96 bits per heavy atom. The van der Waals surface area contributed by atoms with Crippen molar-refractivity contribution in [3.05, 3.63) is 52.6 Å². The summed E-state index contributed by atoms with van der Waals surface area (Å²) in [7, 11) is -3.34. The first-order valence-electron chi connectivity index (χ1n) is 8.09. The monoisotopic (exact) mass is 421 g/mol. The van der Waals surface area contributed by atoms with Gasteiger partial charge in [0.1, 0.15) is 5.52 Å². The summed E-state index contributed by atoms with van der Waals surface area (Å²) in [5, 5.41) is 13.5. The van der Waals surface area contributed by atoms with Gasteiger partial charge in [-0.05, 0) is 30.3 Å². The molecule has 0 spiro atoms. The largest absolute Gasteiger partial charge is 0.431 e. The van der Waals surface area contributed by atoms with Crippen molar-refractivity contribution in [2.24, 2.45) is 0 Å². The number of carbonyl (C=O) groups is 1. The number of anilines is 1. The molecule has 3 rings (SSSR count). The van der Waals surface area contributed by atoms with Gasteiger partial charge in [0, 0.05) is 17.8 Å². The maximum absolute atomic E-state index is 12.0. The van der Waals surface area contributed by atoms with Crippen molar-refractivity contribution in [1.29, 1.82) is 0 Å². The SMILES string of the molecule is CCS(=O)(=O)c1ccc2oc(SCC(=O)Nc3ccc([N+](=O)[O-])cc3)nc2c1. The number of nitro benzene ring substituents is 1. The Bertz CT molecular complexity index is 1140. The lowest BCUT2D eigenvalue weighted by Crippen LogP contribution is -2.13. The van der Waals surface area contributed by atoms with Crippen LogP contribution in [0.2, 0.25) is 0 Å². The second-order valence-corrected chi connectivity index (χ2v) is 8.86. The van der Waals surface area contributed by atoms with Crippen molar-refractivity contribution in [3.63, 3.8) is 0 Å². The van der Waals surface area contributed by atoms with Crippen LogP contribution in [0.3, 0.4) is 0 Å². The highest BCUT2D eigenvalue weighted by Gasteiger charge is 2.15. The number of aromatic nitrogens is 1. The number of sulfone groups is 1. The number of rotatable bonds is 7. The summed E-state index contributed by atoms with van der Waals surface area (Å²) in [6, 6.07) is 9.91. The van der Waals surface area contributed by atoms with Crippen LogP contribution in [0.4, 0.5) is 11.4 Å². The summed E-state index contributed by atoms with van der Waals surface area (Å²) in [6.45, 7) is 1.56. The molecule has 1 heterocycles. The molecule has 0 aliphatic heterocycles. The minimum absolute atomic E-state index is 0.00389. The first-order valence-corrected chi connectivity index (χ1v) is 10.7. The number of oxazole rings is 1. The zero-order chi connectivity index (χ0) is 20.3. The average molecular weight is 421 g/mol. The third kappa shape index (κ3) is 4.49. The van der Waals surface area contributed by atoms with Gasteiger partial charge in [-0.2, -0.15) is 0 Å². The van der Waals surface area contributed by atoms with E-state index in [4.69, 9.17) is 4.42 Å². The van der Waals surface area contributed by atoms with Crippen molar-refractivity contribution in [2.75, 3.05) is 16.8 Å². The molecule has 0 saturated carbocycles. The van der Waals surface area contributed by atoms with Crippen molar-refractivity contribution in [3.8, 4) is 0 Å². The molecule has 0 aliphatic carbocycles. The van der Waals surface area contributed by atoms with Crippen LogP contribution in [0.15, 0.2) is 57.0 Å². The molecule has 1 amide bonds. The van der Waals surface area contributed by atoms with E-state index >= 15 is 0 Å². The quantitative estimate of drug-likeness (QED) is 0.349. The fraction of sp³-hybridized carbons (Fsp3) is 0.176. The van der Waals surface area contributed by atoms with Gasteiger partial charge in [-0.15, -0.1) is 0 Å². The van der Waals surface area contributed by atoms with Crippen LogP contribution in [-0.4, -0.2) is 35.7 Å². The Kier molecular flexibility index (Phi) is 5.66. The van der Waals surface area contributed by atoms with Gasteiger partial charge in [0.2, 0.25) is 5.91 Å². The lowest BCUT2D eigenvalue weighted by atomic mass is 10.3. The molecule has 0 radical (unpaired) electrons. The number of hydrogen-bond acceptors (Lipinski definition) is 8. The maximum Gasteiger partial charge on any atom is 0.269 e. The van der Waals surface area contributed by atoms with Crippen molar-refractivity contribution < 1.29 is 22.6 Å². The molecule has 11 heteroatoms. The van der Waals surface area contributed by atoms with Crippen LogP contribution >= 0.6 is 11.8 Å². The standard InChI is InChI=1S/C17H15N3O6S2/c1-2-28(24,25)13-7-8-15-14(9-13)19-17(26-15)27-10-16(21)18-11-3-5-12(6-4-11)20(22)23/h3-9H,2,10H2,1H3,(H,18,21). The van der Waals surface area contributed by atoms with Gasteiger partial charge in [-0.3, -0.25) is 14.9 Å². The summed E-state index contributed by atoms with van der Waals surface area (Å²) in [5.74, 6) is -0.347. The first-order chi connectivity index (χ1) is 13.3. The molecule has 0 unspecified atom stereocenters. The lowest BCUT2D eigenvalue weighted by molar-refractivity contribution is -0.384. The van der Waals surface area contributed by atoms with Crippen LogP contribution in [-0.2, 0) is 14.6 Å². The smallest absolute Gasteiger partial charge is 0.269 e. The molecule has 1 N–H and O–H groups in total. The number of fused-ring (bicyclic) bond motifs is 1. The second-order valence-electron chi connectivity index (χ2n) is 5.65. The number of thioether (sulfide) groups is 1. The molecular formula is C17H15N3O6S2. The number of hydrogen-bond donors (Lipinski definition) is 1. The zero-order valence-electron chi connectivity index (χ0n) is 14.6. The normalized spacial score (nSPS) is 11.5. The van der Waals surface area contributed by atoms with Crippen LogP contribution in [0.5, 0.6) is 0 Å². The van der Waals surface area contributed by atoms with Crippen LogP contribution in [0.1, 0.15) is 6.92 Å². The second kappa shape index (κ2) is 7.98. The molecule has 0 aliphatic rings. The van der Waals surface area contributed by atoms with E-state index in [0.29, 0.717) is 16.8 Å². The number of non-ortho nitro benzene ring substituents is 1. The van der Waals surface area contributed by atoms with E-state index in [1.165, 1.54) is 42.5 Å². The molecule has 9 nitrogen and oxygen atoms in total. The van der Waals surface area contributed by atoms with Gasteiger partial charge in [0.15, 0.2) is 15.4 Å². The van der Waals surface area contributed by atoms with E-state index in [1.54, 1.807) is 6.92 Å². The van der Waals surface area contributed by atoms with Crippen molar-refractivity contribution in [2.45, 2.75) is 17.0 Å². The number of carbonyl (C=O) groups excluding carboxylic acids is 1. The van der Waals surface area contributed by atoms with Crippen molar-refractivity contribution in [1.82, 2.24) is 4.98 Å². The van der Waals surface area contributed by atoms with E-state index < -0.39 is 14.8 Å². The highest BCUT2D eigenvalue weighted by atomic mass is 32.2. The number of nitrogens with zero attached hydrogens (tertiary/aromatic N) is 2. The fourth-order valence-electron chi connectivity index (χ4n) is 2.30. The number of benzene rings is 2. The Balaban J connectivity index is 1.64. The maximum atomic E-state index is 12.0. The van der Waals surface area contributed by atoms with Crippen LogP contribution < -0.4 is 5.32 Å². The molecule has 146 valence electrons. The third-order valence-corrected chi connectivity index (χ3v) is 6.33. The minimum atomic E-state index is -3.34. The topological polar surface area (TPSA) is 132 Å². The van der Waals surface area contributed by atoms with Gasteiger partial charge in [-0.25, -0.2) is 13.4 Å². The molecular weight excluding hydrogens is 406 g/mol. The first kappa shape index (κ1) is 19.8. The Morgan fingerprint density at radius 3 is 2.61 bits per heavy atom. The Morgan fingerprint density at radius 1 is 1.25 bits per heavy atom. The highest BCUT2D eigenvalue weighted by molar-refractivity contribution is 7.99. The molecule has 28 heavy (non-hydrogen) atoms. The summed E-state index contributed by atoms with van der Waals surface area (Å²) in [6.07, 6.45) is 0. The molecule has 2 aromatic carbocycles. The summed E-state index contributed by atoms with van der Waals surface area (Å²) < 4.78 is 29.4. The number of amides is 1. The van der Waals surface area contributed by atoms with E-state index in [1.807, 2.05) is 0 Å². The van der Waals surface area contributed by atoms with Crippen molar-refractivity contribution >= 4 is 50.0 Å².